The van der Waals surface area contributed by atoms with Crippen molar-refractivity contribution in [3.05, 3.63) is 0 Å². The maximum atomic E-state index is 8.73. The minimum atomic E-state index is 0.335. The van der Waals surface area contributed by atoms with Crippen LogP contribution in [0.25, 0.3) is 0 Å². The molecule has 0 saturated carbocycles. The molecular weight excluding hydrogens is 176 g/mol. The Morgan fingerprint density at radius 2 is 2.07 bits per heavy atom. The average Bonchev–Trinajstić information content (AvgIpc) is 2.29. The van der Waals surface area contributed by atoms with Crippen molar-refractivity contribution in [1.29, 1.82) is 0 Å². The van der Waals surface area contributed by atoms with Gasteiger partial charge in [0.15, 0.2) is 0 Å². The second kappa shape index (κ2) is 6.38. The van der Waals surface area contributed by atoms with Gasteiger partial charge in [0.05, 0.1) is 0 Å². The van der Waals surface area contributed by atoms with E-state index in [1.807, 2.05) is 0 Å². The van der Waals surface area contributed by atoms with Crippen molar-refractivity contribution in [2.75, 3.05) is 39.8 Å². The minimum absolute atomic E-state index is 0.335. The highest BCUT2D eigenvalue weighted by molar-refractivity contribution is 4.74. The van der Waals surface area contributed by atoms with Crippen LogP contribution >= 0.6 is 0 Å². The fourth-order valence-electron chi connectivity index (χ4n) is 2.18. The van der Waals surface area contributed by atoms with Crippen molar-refractivity contribution in [2.45, 2.75) is 32.2 Å². The number of rotatable bonds is 4. The van der Waals surface area contributed by atoms with Crippen LogP contribution in [0.1, 0.15) is 26.2 Å². The van der Waals surface area contributed by atoms with Gasteiger partial charge in [-0.05, 0) is 52.9 Å². The fourth-order valence-corrected chi connectivity index (χ4v) is 2.18. The SMILES string of the molecule is CC1CN(C)CCCN1CCCCO. The van der Waals surface area contributed by atoms with E-state index in [-0.39, 0.29) is 0 Å². The summed E-state index contributed by atoms with van der Waals surface area (Å²) in [6.07, 6.45) is 3.35. The molecule has 1 fully saturated rings. The zero-order valence-electron chi connectivity index (χ0n) is 9.58. The Kier molecular flexibility index (Phi) is 5.45. The molecule has 0 aliphatic carbocycles. The zero-order chi connectivity index (χ0) is 10.4. The van der Waals surface area contributed by atoms with Gasteiger partial charge in [-0.15, -0.1) is 0 Å². The van der Waals surface area contributed by atoms with E-state index >= 15 is 0 Å². The van der Waals surface area contributed by atoms with Crippen LogP contribution in [0, 0.1) is 0 Å². The van der Waals surface area contributed by atoms with Crippen LogP contribution < -0.4 is 0 Å². The van der Waals surface area contributed by atoms with Gasteiger partial charge in [0.25, 0.3) is 0 Å². The molecule has 1 heterocycles. The summed E-state index contributed by atoms with van der Waals surface area (Å²) in [7, 11) is 2.20. The highest BCUT2D eigenvalue weighted by atomic mass is 16.2. The molecule has 1 aliphatic rings. The minimum Gasteiger partial charge on any atom is -0.396 e. The quantitative estimate of drug-likeness (QED) is 0.680. The van der Waals surface area contributed by atoms with Crippen LogP contribution in [-0.2, 0) is 0 Å². The molecule has 0 bridgehead atoms. The molecule has 0 aromatic carbocycles. The molecule has 1 unspecified atom stereocenters. The van der Waals surface area contributed by atoms with Gasteiger partial charge in [-0.3, -0.25) is 4.90 Å². The monoisotopic (exact) mass is 200 g/mol. The molecule has 0 radical (unpaired) electrons. The van der Waals surface area contributed by atoms with Crippen molar-refractivity contribution in [3.63, 3.8) is 0 Å². The van der Waals surface area contributed by atoms with E-state index in [1.165, 1.54) is 26.1 Å². The Balaban J connectivity index is 2.27. The smallest absolute Gasteiger partial charge is 0.0431 e. The summed E-state index contributed by atoms with van der Waals surface area (Å²) in [5.74, 6) is 0. The van der Waals surface area contributed by atoms with Crippen LogP contribution in [0.3, 0.4) is 0 Å². The molecular formula is C11H24N2O. The highest BCUT2D eigenvalue weighted by Crippen LogP contribution is 2.09. The van der Waals surface area contributed by atoms with E-state index < -0.39 is 0 Å². The second-order valence-electron chi connectivity index (χ2n) is 4.43. The summed E-state index contributed by atoms with van der Waals surface area (Å²) >= 11 is 0. The van der Waals surface area contributed by atoms with Crippen LogP contribution in [-0.4, -0.2) is 60.8 Å². The Morgan fingerprint density at radius 3 is 2.79 bits per heavy atom. The third kappa shape index (κ3) is 3.95. The van der Waals surface area contributed by atoms with Crippen molar-refractivity contribution in [2.24, 2.45) is 0 Å². The van der Waals surface area contributed by atoms with E-state index in [0.29, 0.717) is 12.6 Å². The van der Waals surface area contributed by atoms with Gasteiger partial charge in [0, 0.05) is 19.2 Å². The van der Waals surface area contributed by atoms with Crippen molar-refractivity contribution in [3.8, 4) is 0 Å². The molecule has 3 nitrogen and oxygen atoms in total. The van der Waals surface area contributed by atoms with Gasteiger partial charge in [0.1, 0.15) is 0 Å². The fraction of sp³-hybridized carbons (Fsp3) is 1.00. The lowest BCUT2D eigenvalue weighted by atomic mass is 10.2. The van der Waals surface area contributed by atoms with Gasteiger partial charge in [-0.1, -0.05) is 0 Å². The standard InChI is InChI=1S/C11H24N2O/c1-11-10-12(2)6-5-8-13(11)7-3-4-9-14/h11,14H,3-10H2,1-2H3. The van der Waals surface area contributed by atoms with Crippen LogP contribution in [0.2, 0.25) is 0 Å². The molecule has 3 heteroatoms. The predicted octanol–water partition coefficient (Wildman–Crippen LogP) is 0.785. The number of aliphatic hydroxyl groups is 1. The molecule has 1 N–H and O–H groups in total. The highest BCUT2D eigenvalue weighted by Gasteiger charge is 2.18. The molecule has 1 aliphatic heterocycles. The average molecular weight is 200 g/mol. The van der Waals surface area contributed by atoms with E-state index in [0.717, 1.165) is 19.4 Å². The topological polar surface area (TPSA) is 26.7 Å². The lowest BCUT2D eigenvalue weighted by Gasteiger charge is -2.27. The Morgan fingerprint density at radius 1 is 1.29 bits per heavy atom. The number of hydrogen-bond donors (Lipinski definition) is 1. The van der Waals surface area contributed by atoms with Crippen molar-refractivity contribution in [1.82, 2.24) is 9.80 Å². The van der Waals surface area contributed by atoms with E-state index in [4.69, 9.17) is 5.11 Å². The Hall–Kier alpha value is -0.120. The van der Waals surface area contributed by atoms with Gasteiger partial charge >= 0.3 is 0 Å². The molecule has 0 aromatic rings. The Labute approximate surface area is 87.7 Å². The third-order valence-electron chi connectivity index (χ3n) is 3.04. The normalized spacial score (nSPS) is 26.4. The number of likely N-dealkylation sites (N-methyl/N-ethyl adjacent to an activating group) is 1. The maximum absolute atomic E-state index is 8.73. The number of hydrogen-bond acceptors (Lipinski definition) is 3. The molecule has 0 amide bonds. The van der Waals surface area contributed by atoms with Gasteiger partial charge < -0.3 is 10.0 Å². The van der Waals surface area contributed by atoms with Crippen molar-refractivity contribution >= 4 is 0 Å². The first-order valence-corrected chi connectivity index (χ1v) is 5.77. The molecule has 1 atom stereocenters. The Bertz CT molecular complexity index is 152. The van der Waals surface area contributed by atoms with E-state index in [9.17, 15) is 0 Å². The molecule has 0 aromatic heterocycles. The van der Waals surface area contributed by atoms with Gasteiger partial charge in [-0.25, -0.2) is 0 Å². The first kappa shape index (κ1) is 12.0. The van der Waals surface area contributed by atoms with Crippen LogP contribution in [0.15, 0.2) is 0 Å². The number of aliphatic hydroxyl groups excluding tert-OH is 1. The third-order valence-corrected chi connectivity index (χ3v) is 3.04. The summed E-state index contributed by atoms with van der Waals surface area (Å²) in [5, 5.41) is 8.73. The maximum Gasteiger partial charge on any atom is 0.0431 e. The molecule has 0 spiro atoms. The summed E-state index contributed by atoms with van der Waals surface area (Å²) in [6.45, 7) is 7.41. The van der Waals surface area contributed by atoms with Gasteiger partial charge in [-0.2, -0.15) is 0 Å². The second-order valence-corrected chi connectivity index (χ2v) is 4.43. The summed E-state index contributed by atoms with van der Waals surface area (Å²) in [5.41, 5.74) is 0. The molecule has 1 saturated heterocycles. The van der Waals surface area contributed by atoms with Gasteiger partial charge in [0.2, 0.25) is 0 Å². The molecule has 84 valence electrons. The van der Waals surface area contributed by atoms with Crippen LogP contribution in [0.4, 0.5) is 0 Å². The summed E-state index contributed by atoms with van der Waals surface area (Å²) in [6, 6.07) is 0.668. The zero-order valence-corrected chi connectivity index (χ0v) is 9.58. The van der Waals surface area contributed by atoms with Crippen molar-refractivity contribution < 1.29 is 5.11 Å². The van der Waals surface area contributed by atoms with Crippen LogP contribution in [0.5, 0.6) is 0 Å². The number of unbranched alkanes of at least 4 members (excludes halogenated alkanes) is 1. The predicted molar refractivity (Wildman–Crippen MR) is 59.5 cm³/mol. The molecule has 14 heavy (non-hydrogen) atoms. The van der Waals surface area contributed by atoms with E-state index in [2.05, 4.69) is 23.8 Å². The number of nitrogens with zero attached hydrogens (tertiary/aromatic N) is 2. The first-order valence-electron chi connectivity index (χ1n) is 5.77. The summed E-state index contributed by atoms with van der Waals surface area (Å²) < 4.78 is 0. The van der Waals surface area contributed by atoms with E-state index in [1.54, 1.807) is 0 Å². The summed E-state index contributed by atoms with van der Waals surface area (Å²) in [4.78, 5) is 4.97. The molecule has 1 rings (SSSR count). The first-order chi connectivity index (χ1) is 6.74. The lowest BCUT2D eigenvalue weighted by molar-refractivity contribution is 0.191. The lowest BCUT2D eigenvalue weighted by Crippen LogP contribution is -2.38. The largest absolute Gasteiger partial charge is 0.396 e.